The molecule has 0 spiro atoms. The predicted octanol–water partition coefficient (Wildman–Crippen LogP) is 2.45. The summed E-state index contributed by atoms with van der Waals surface area (Å²) in [7, 11) is -3.56. The van der Waals surface area contributed by atoms with E-state index in [1.807, 2.05) is 0 Å². The molecule has 1 rings (SSSR count). The van der Waals surface area contributed by atoms with Crippen LogP contribution in [0.5, 0.6) is 0 Å². The summed E-state index contributed by atoms with van der Waals surface area (Å²) < 4.78 is 28.2. The summed E-state index contributed by atoms with van der Waals surface area (Å²) >= 11 is 0. The minimum atomic E-state index is -3.56. The quantitative estimate of drug-likeness (QED) is 0.451. The van der Waals surface area contributed by atoms with Gasteiger partial charge < -0.3 is 0 Å². The summed E-state index contributed by atoms with van der Waals surface area (Å²) in [6, 6.07) is 8.22. The molecule has 91 valence electrons. The Labute approximate surface area is 126 Å². The van der Waals surface area contributed by atoms with Crippen LogP contribution in [-0.2, 0) is 14.3 Å². The third-order valence-electron chi connectivity index (χ3n) is 2.20. The molecule has 1 radical (unpaired) electrons. The van der Waals surface area contributed by atoms with Crippen molar-refractivity contribution in [1.29, 1.82) is 0 Å². The van der Waals surface area contributed by atoms with Crippen molar-refractivity contribution >= 4 is 39.7 Å². The van der Waals surface area contributed by atoms with Gasteiger partial charge in [0.05, 0.1) is 11.5 Å². The first kappa shape index (κ1) is 17.1. The van der Waals surface area contributed by atoms with Gasteiger partial charge in [0.25, 0.3) is 10.1 Å². The SMILES string of the molecule is CC(C)CCCOS(=O)(=O)c1ccccc1.[Na]. The van der Waals surface area contributed by atoms with E-state index >= 15 is 0 Å². The van der Waals surface area contributed by atoms with Crippen LogP contribution in [0.1, 0.15) is 26.7 Å². The minimum Gasteiger partial charge on any atom is -0.266 e. The molecule has 0 saturated carbocycles. The predicted molar refractivity (Wildman–Crippen MR) is 69.4 cm³/mol. The van der Waals surface area contributed by atoms with E-state index in [1.165, 1.54) is 12.1 Å². The molecule has 0 saturated heterocycles. The molecular weight excluding hydrogens is 247 g/mol. The Balaban J connectivity index is 0.00000256. The summed E-state index contributed by atoms with van der Waals surface area (Å²) in [6.45, 7) is 4.47. The molecule has 3 nitrogen and oxygen atoms in total. The molecule has 0 fully saturated rings. The first-order chi connectivity index (χ1) is 7.52. The maximum atomic E-state index is 11.7. The van der Waals surface area contributed by atoms with E-state index in [4.69, 9.17) is 4.18 Å². The zero-order valence-electron chi connectivity index (χ0n) is 10.7. The van der Waals surface area contributed by atoms with Gasteiger partial charge in [-0.05, 0) is 30.9 Å². The van der Waals surface area contributed by atoms with Crippen LogP contribution < -0.4 is 0 Å². The second-order valence-electron chi connectivity index (χ2n) is 4.13. The number of hydrogen-bond acceptors (Lipinski definition) is 3. The molecule has 0 atom stereocenters. The Kier molecular flexibility index (Phi) is 8.33. The summed E-state index contributed by atoms with van der Waals surface area (Å²) in [6.07, 6.45) is 1.74. The number of rotatable bonds is 6. The van der Waals surface area contributed by atoms with Crippen LogP contribution in [0.3, 0.4) is 0 Å². The van der Waals surface area contributed by atoms with E-state index in [9.17, 15) is 8.42 Å². The second kappa shape index (κ2) is 8.27. The van der Waals surface area contributed by atoms with Crippen molar-refractivity contribution in [3.8, 4) is 0 Å². The molecule has 0 heterocycles. The largest absolute Gasteiger partial charge is 0.296 e. The smallest absolute Gasteiger partial charge is 0.266 e. The van der Waals surface area contributed by atoms with Gasteiger partial charge in [0.2, 0.25) is 0 Å². The molecule has 17 heavy (non-hydrogen) atoms. The molecule has 0 aliphatic carbocycles. The molecule has 0 N–H and O–H groups in total. The van der Waals surface area contributed by atoms with E-state index in [0.29, 0.717) is 5.92 Å². The molecule has 0 bridgehead atoms. The molecule has 0 aliphatic heterocycles. The summed E-state index contributed by atoms with van der Waals surface area (Å²) in [5.74, 6) is 0.572. The van der Waals surface area contributed by atoms with Gasteiger partial charge in [-0.15, -0.1) is 0 Å². The number of hydrogen-bond donors (Lipinski definition) is 0. The van der Waals surface area contributed by atoms with Crippen molar-refractivity contribution in [2.45, 2.75) is 31.6 Å². The summed E-state index contributed by atoms with van der Waals surface area (Å²) in [5.41, 5.74) is 0. The van der Waals surface area contributed by atoms with E-state index in [2.05, 4.69) is 13.8 Å². The Hall–Kier alpha value is 0.130. The Morgan fingerprint density at radius 1 is 1.18 bits per heavy atom. The van der Waals surface area contributed by atoms with Crippen molar-refractivity contribution in [3.63, 3.8) is 0 Å². The van der Waals surface area contributed by atoms with Crippen LogP contribution in [0.4, 0.5) is 0 Å². The van der Waals surface area contributed by atoms with Gasteiger partial charge >= 0.3 is 0 Å². The van der Waals surface area contributed by atoms with Gasteiger partial charge in [-0.25, -0.2) is 0 Å². The molecule has 5 heteroatoms. The number of benzene rings is 1. The van der Waals surface area contributed by atoms with Gasteiger partial charge in [0, 0.05) is 29.6 Å². The zero-order valence-corrected chi connectivity index (χ0v) is 13.5. The average molecular weight is 265 g/mol. The molecule has 1 aromatic carbocycles. The van der Waals surface area contributed by atoms with Crippen molar-refractivity contribution in [2.75, 3.05) is 6.61 Å². The van der Waals surface area contributed by atoms with Gasteiger partial charge in [0.15, 0.2) is 0 Å². The standard InChI is InChI=1S/C12H18O3S.Na/c1-11(2)7-6-10-15-16(13,14)12-8-4-3-5-9-12;/h3-5,8-9,11H,6-7,10H2,1-2H3;. The minimum absolute atomic E-state index is 0. The summed E-state index contributed by atoms with van der Waals surface area (Å²) in [4.78, 5) is 0.222. The summed E-state index contributed by atoms with van der Waals surface area (Å²) in [5, 5.41) is 0. The molecule has 0 amide bonds. The van der Waals surface area contributed by atoms with Crippen LogP contribution in [0, 0.1) is 5.92 Å². The van der Waals surface area contributed by atoms with Crippen LogP contribution in [-0.4, -0.2) is 44.6 Å². The third kappa shape index (κ3) is 6.58. The molecule has 0 aliphatic rings. The average Bonchev–Trinajstić information content (AvgIpc) is 2.26. The third-order valence-corrected chi connectivity index (χ3v) is 3.52. The van der Waals surface area contributed by atoms with Crippen LogP contribution >= 0.6 is 0 Å². The normalized spacial score (nSPS) is 11.2. The molecule has 1 aromatic rings. The molecular formula is C12H18NaO3S. The van der Waals surface area contributed by atoms with Crippen LogP contribution in [0.15, 0.2) is 35.2 Å². The van der Waals surface area contributed by atoms with Gasteiger partial charge in [-0.2, -0.15) is 8.42 Å². The van der Waals surface area contributed by atoms with Gasteiger partial charge in [-0.3, -0.25) is 4.18 Å². The zero-order chi connectivity index (χ0) is 12.0. The first-order valence-corrected chi connectivity index (χ1v) is 6.87. The monoisotopic (exact) mass is 265 g/mol. The molecule has 0 unspecified atom stereocenters. The Morgan fingerprint density at radius 2 is 1.76 bits per heavy atom. The van der Waals surface area contributed by atoms with Crippen molar-refractivity contribution in [3.05, 3.63) is 30.3 Å². The second-order valence-corrected chi connectivity index (χ2v) is 5.74. The first-order valence-electron chi connectivity index (χ1n) is 5.47. The fraction of sp³-hybridized carbons (Fsp3) is 0.500. The fourth-order valence-corrected chi connectivity index (χ4v) is 2.28. The Bertz CT molecular complexity index is 401. The van der Waals surface area contributed by atoms with Crippen LogP contribution in [0.25, 0.3) is 0 Å². The topological polar surface area (TPSA) is 43.4 Å². The van der Waals surface area contributed by atoms with Crippen molar-refractivity contribution in [1.82, 2.24) is 0 Å². The van der Waals surface area contributed by atoms with E-state index in [0.717, 1.165) is 12.8 Å². The van der Waals surface area contributed by atoms with E-state index < -0.39 is 10.1 Å². The Morgan fingerprint density at radius 3 is 2.29 bits per heavy atom. The van der Waals surface area contributed by atoms with Crippen molar-refractivity contribution in [2.24, 2.45) is 5.92 Å². The van der Waals surface area contributed by atoms with Crippen LogP contribution in [0.2, 0.25) is 0 Å². The van der Waals surface area contributed by atoms with Gasteiger partial charge in [-0.1, -0.05) is 32.0 Å². The molecule has 0 aromatic heterocycles. The van der Waals surface area contributed by atoms with Crippen molar-refractivity contribution < 1.29 is 12.6 Å². The van der Waals surface area contributed by atoms with Gasteiger partial charge in [0.1, 0.15) is 0 Å². The van der Waals surface area contributed by atoms with E-state index in [1.54, 1.807) is 18.2 Å². The fourth-order valence-electron chi connectivity index (χ4n) is 1.32. The maximum absolute atomic E-state index is 11.7. The van der Waals surface area contributed by atoms with E-state index in [-0.39, 0.29) is 41.1 Å². The maximum Gasteiger partial charge on any atom is 0.296 e.